The summed E-state index contributed by atoms with van der Waals surface area (Å²) in [6.07, 6.45) is -8.61. The highest BCUT2D eigenvalue weighted by Gasteiger charge is 2.49. The smallest absolute Gasteiger partial charge is 0.229 e. The second kappa shape index (κ2) is 10.8. The van der Waals surface area contributed by atoms with Crippen LogP contribution in [0.5, 0.6) is 11.5 Å². The summed E-state index contributed by atoms with van der Waals surface area (Å²) in [5.74, 6) is 0.443. The largest absolute Gasteiger partial charge is 0.463 e. The Hall–Kier alpha value is -3.11. The van der Waals surface area contributed by atoms with Crippen molar-refractivity contribution in [3.63, 3.8) is 0 Å². The van der Waals surface area contributed by atoms with Crippen LogP contribution in [-0.4, -0.2) is 104 Å². The van der Waals surface area contributed by atoms with Crippen molar-refractivity contribution in [2.24, 2.45) is 0 Å². The van der Waals surface area contributed by atoms with Gasteiger partial charge in [0.25, 0.3) is 0 Å². The quantitative estimate of drug-likeness (QED) is 0.179. The molecule has 0 unspecified atom stereocenters. The van der Waals surface area contributed by atoms with Crippen LogP contribution in [0.2, 0.25) is 0 Å². The normalized spacial score (nSPS) is 32.8. The van der Waals surface area contributed by atoms with E-state index in [0.29, 0.717) is 11.3 Å². The molecule has 1 aromatic heterocycles. The van der Waals surface area contributed by atoms with Gasteiger partial charge in [0.15, 0.2) is 5.43 Å². The minimum Gasteiger partial charge on any atom is -0.463 e. The van der Waals surface area contributed by atoms with Crippen LogP contribution in [0.3, 0.4) is 0 Å². The fourth-order valence-corrected chi connectivity index (χ4v) is 4.42. The maximum absolute atomic E-state index is 13.2. The molecule has 8 atom stereocenters. The number of benzene rings is 2. The fraction of sp³-hybridized carbons (Fsp3) is 0.423. The topological polar surface area (TPSA) is 209 Å². The molecule has 7 N–H and O–H groups in total. The molecule has 2 saturated heterocycles. The average Bonchev–Trinajstić information content (AvgIpc) is 3.23. The molecule has 0 saturated carbocycles. The maximum atomic E-state index is 13.2. The molecule has 3 heterocycles. The fourth-order valence-electron chi connectivity index (χ4n) is 4.42. The number of fused-ring (bicyclic) bond motifs is 1. The molecule has 2 aliphatic heterocycles. The molecular formula is C26H28O13. The first-order valence-electron chi connectivity index (χ1n) is 12.1. The van der Waals surface area contributed by atoms with Crippen molar-refractivity contribution in [2.75, 3.05) is 19.8 Å². The third-order valence-electron chi connectivity index (χ3n) is 6.84. The molecule has 5 rings (SSSR count). The van der Waals surface area contributed by atoms with Gasteiger partial charge in [0.1, 0.15) is 59.5 Å². The van der Waals surface area contributed by atoms with Crippen LogP contribution in [0.1, 0.15) is 0 Å². The Bertz CT molecular complexity index is 1360. The zero-order valence-electron chi connectivity index (χ0n) is 20.4. The zero-order valence-corrected chi connectivity index (χ0v) is 20.4. The Morgan fingerprint density at radius 3 is 2.26 bits per heavy atom. The lowest BCUT2D eigenvalue weighted by Crippen LogP contribution is -2.60. The van der Waals surface area contributed by atoms with Crippen molar-refractivity contribution in [3.8, 4) is 22.6 Å². The van der Waals surface area contributed by atoms with Gasteiger partial charge in [0.05, 0.1) is 30.8 Å². The van der Waals surface area contributed by atoms with Crippen LogP contribution in [0.25, 0.3) is 22.1 Å². The third kappa shape index (κ3) is 5.12. The van der Waals surface area contributed by atoms with Gasteiger partial charge in [-0.25, -0.2) is 0 Å². The van der Waals surface area contributed by atoms with Gasteiger partial charge in [-0.2, -0.15) is 0 Å². The molecular weight excluding hydrogens is 520 g/mol. The van der Waals surface area contributed by atoms with Gasteiger partial charge >= 0.3 is 0 Å². The highest BCUT2D eigenvalue weighted by Crippen LogP contribution is 2.30. The maximum Gasteiger partial charge on any atom is 0.229 e. The van der Waals surface area contributed by atoms with E-state index in [1.165, 1.54) is 24.5 Å². The van der Waals surface area contributed by atoms with Crippen LogP contribution in [0.4, 0.5) is 0 Å². The summed E-state index contributed by atoms with van der Waals surface area (Å²) in [4.78, 5) is 13.2. The van der Waals surface area contributed by atoms with E-state index in [0.717, 1.165) is 0 Å². The molecule has 2 aliphatic rings. The predicted molar refractivity (Wildman–Crippen MR) is 131 cm³/mol. The second-order valence-corrected chi connectivity index (χ2v) is 9.48. The van der Waals surface area contributed by atoms with Crippen molar-refractivity contribution in [2.45, 2.75) is 48.7 Å². The Morgan fingerprint density at radius 1 is 0.897 bits per heavy atom. The van der Waals surface area contributed by atoms with Crippen molar-refractivity contribution in [1.29, 1.82) is 0 Å². The van der Waals surface area contributed by atoms with Crippen LogP contribution in [0.15, 0.2) is 57.9 Å². The van der Waals surface area contributed by atoms with E-state index < -0.39 is 61.9 Å². The van der Waals surface area contributed by atoms with Gasteiger partial charge < -0.3 is 59.1 Å². The number of hydrogen-bond donors (Lipinski definition) is 7. The molecule has 0 aliphatic carbocycles. The first-order chi connectivity index (χ1) is 18.6. The second-order valence-electron chi connectivity index (χ2n) is 9.48. The number of aliphatic hydroxyl groups is 7. The van der Waals surface area contributed by atoms with Crippen molar-refractivity contribution >= 4 is 11.0 Å². The zero-order chi connectivity index (χ0) is 27.9. The molecule has 210 valence electrons. The van der Waals surface area contributed by atoms with Gasteiger partial charge in [-0.1, -0.05) is 12.1 Å². The Kier molecular flexibility index (Phi) is 7.61. The summed E-state index contributed by atoms with van der Waals surface area (Å²) >= 11 is 0. The van der Waals surface area contributed by atoms with E-state index in [1.54, 1.807) is 24.3 Å². The van der Waals surface area contributed by atoms with E-state index in [4.69, 9.17) is 23.4 Å². The lowest BCUT2D eigenvalue weighted by Gasteiger charge is -2.39. The number of hydrogen-bond acceptors (Lipinski definition) is 13. The third-order valence-corrected chi connectivity index (χ3v) is 6.84. The summed E-state index contributed by atoms with van der Waals surface area (Å²) in [7, 11) is 0. The van der Waals surface area contributed by atoms with Crippen molar-refractivity contribution in [1.82, 2.24) is 0 Å². The highest BCUT2D eigenvalue weighted by atomic mass is 16.7. The first-order valence-corrected chi connectivity index (χ1v) is 12.1. The van der Waals surface area contributed by atoms with E-state index in [1.807, 2.05) is 0 Å². The number of ether oxygens (including phenoxy) is 4. The molecule has 13 heteroatoms. The molecule has 13 nitrogen and oxygen atoms in total. The SMILES string of the molecule is O=c1c(-c2ccc(O[C@H]3OC[C@@](O)(CO)[C@H]3O)cc2)coc2cc(O[C@@H]3O[C@H](CO)[C@@H](O)[C@@H](O)[C@H]3O)ccc12. The Labute approximate surface area is 220 Å². The average molecular weight is 548 g/mol. The van der Waals surface area contributed by atoms with Gasteiger partial charge in [-0.05, 0) is 29.8 Å². The molecule has 0 amide bonds. The lowest BCUT2D eigenvalue weighted by molar-refractivity contribution is -0.277. The Balaban J connectivity index is 1.31. The van der Waals surface area contributed by atoms with Crippen LogP contribution in [0, 0.1) is 0 Å². The molecule has 39 heavy (non-hydrogen) atoms. The summed E-state index contributed by atoms with van der Waals surface area (Å²) in [6.45, 7) is -1.58. The molecule has 0 bridgehead atoms. The lowest BCUT2D eigenvalue weighted by atomic mass is 9.99. The number of aliphatic hydroxyl groups excluding tert-OH is 6. The number of rotatable bonds is 7. The molecule has 0 radical (unpaired) electrons. The summed E-state index contributed by atoms with van der Waals surface area (Å²) in [5.41, 5.74) is -1.21. The van der Waals surface area contributed by atoms with Crippen molar-refractivity contribution in [3.05, 3.63) is 59.0 Å². The van der Waals surface area contributed by atoms with E-state index in [2.05, 4.69) is 0 Å². The molecule has 0 spiro atoms. The summed E-state index contributed by atoms with van der Waals surface area (Å²) < 4.78 is 27.4. The van der Waals surface area contributed by atoms with Crippen LogP contribution >= 0.6 is 0 Å². The van der Waals surface area contributed by atoms with Crippen molar-refractivity contribution < 1.29 is 59.1 Å². The summed E-state index contributed by atoms with van der Waals surface area (Å²) in [5, 5.41) is 69.1. The summed E-state index contributed by atoms with van der Waals surface area (Å²) in [6, 6.07) is 10.6. The van der Waals surface area contributed by atoms with Crippen LogP contribution < -0.4 is 14.9 Å². The van der Waals surface area contributed by atoms with Crippen LogP contribution in [-0.2, 0) is 9.47 Å². The first kappa shape index (κ1) is 27.5. The predicted octanol–water partition coefficient (Wildman–Crippen LogP) is -1.54. The molecule has 2 fully saturated rings. The van der Waals surface area contributed by atoms with Gasteiger partial charge in [-0.3, -0.25) is 4.79 Å². The molecule has 2 aromatic carbocycles. The minimum absolute atomic E-state index is 0.147. The van der Waals surface area contributed by atoms with E-state index >= 15 is 0 Å². The molecule has 3 aromatic rings. The van der Waals surface area contributed by atoms with Gasteiger partial charge in [0, 0.05) is 6.07 Å². The van der Waals surface area contributed by atoms with E-state index in [9.17, 15) is 40.5 Å². The standard InChI is InChI=1S/C26H28O13/c27-8-18-20(30)21(31)22(32)24(39-18)38-14-5-6-15-17(7-14)35-9-16(19(15)29)12-1-3-13(4-2-12)37-25-23(33)26(34,10-28)11-36-25/h1-7,9,18,20-25,27-28,30-34H,8,10-11H2/t18-,20-,21-,22-,23+,24-,25-,26+/m1/s1. The van der Waals surface area contributed by atoms with Gasteiger partial charge in [-0.15, -0.1) is 0 Å². The van der Waals surface area contributed by atoms with Gasteiger partial charge in [0.2, 0.25) is 12.6 Å². The monoisotopic (exact) mass is 548 g/mol. The van der Waals surface area contributed by atoms with E-state index in [-0.39, 0.29) is 34.3 Å². The Morgan fingerprint density at radius 2 is 1.59 bits per heavy atom. The highest BCUT2D eigenvalue weighted by molar-refractivity contribution is 5.82. The minimum atomic E-state index is -1.81.